The lowest BCUT2D eigenvalue weighted by Gasteiger charge is -2.12. The average molecular weight is 620 g/mol. The molecule has 4 heterocycles. The van der Waals surface area contributed by atoms with Crippen LogP contribution in [0.4, 0.5) is 0 Å². The van der Waals surface area contributed by atoms with Gasteiger partial charge in [-0.15, -0.1) is 0 Å². The molecule has 0 aliphatic rings. The predicted octanol–water partition coefficient (Wildman–Crippen LogP) is 9.13. The number of hydrogen-bond donors (Lipinski definition) is 0. The van der Waals surface area contributed by atoms with Crippen LogP contribution in [0.25, 0.3) is 56.4 Å². The van der Waals surface area contributed by atoms with Crippen molar-refractivity contribution in [2.75, 3.05) is 0 Å². The molecule has 0 saturated carbocycles. The van der Waals surface area contributed by atoms with E-state index in [1.54, 1.807) is 12.4 Å². The largest absolute Gasteiger partial charge is 0.255 e. The molecule has 0 atom stereocenters. The summed E-state index contributed by atoms with van der Waals surface area (Å²) in [6, 6.07) is 36.6. The van der Waals surface area contributed by atoms with Gasteiger partial charge in [-0.1, -0.05) is 68.3 Å². The molecule has 182 valence electrons. The molecule has 0 aliphatic carbocycles. The highest BCUT2D eigenvalue weighted by molar-refractivity contribution is 9.10. The van der Waals surface area contributed by atoms with Gasteiger partial charge < -0.3 is 0 Å². The van der Waals surface area contributed by atoms with Crippen LogP contribution in [0.2, 0.25) is 0 Å². The van der Waals surface area contributed by atoms with Crippen molar-refractivity contribution in [1.29, 1.82) is 0 Å². The molecule has 4 aromatic heterocycles. The van der Waals surface area contributed by atoms with Crippen LogP contribution in [0.3, 0.4) is 0 Å². The molecule has 0 radical (unpaired) electrons. The quantitative estimate of drug-likeness (QED) is 0.193. The third-order valence-electron chi connectivity index (χ3n) is 6.12. The van der Waals surface area contributed by atoms with E-state index in [1.165, 1.54) is 0 Å². The van der Waals surface area contributed by atoms with Gasteiger partial charge in [-0.05, 0) is 95.1 Å². The highest BCUT2D eigenvalue weighted by atomic mass is 79.9. The Kier molecular flexibility index (Phi) is 6.90. The molecule has 4 nitrogen and oxygen atoms in total. The van der Waals surface area contributed by atoms with Gasteiger partial charge in [0.05, 0.1) is 34.2 Å². The minimum Gasteiger partial charge on any atom is -0.255 e. The van der Waals surface area contributed by atoms with Crippen molar-refractivity contribution in [3.8, 4) is 56.4 Å². The zero-order valence-electron chi connectivity index (χ0n) is 20.1. The Balaban J connectivity index is 1.57. The fraction of sp³-hybridized carbons (Fsp3) is 0. The van der Waals surface area contributed by atoms with E-state index in [0.29, 0.717) is 0 Å². The van der Waals surface area contributed by atoms with E-state index in [9.17, 15) is 0 Å². The number of nitrogens with zero attached hydrogens (tertiary/aromatic N) is 4. The second-order valence-electron chi connectivity index (χ2n) is 8.70. The second kappa shape index (κ2) is 10.8. The molecule has 0 N–H and O–H groups in total. The minimum atomic E-state index is 0.766. The second-order valence-corrected chi connectivity index (χ2v) is 10.5. The minimum absolute atomic E-state index is 0.766. The van der Waals surface area contributed by atoms with Crippen LogP contribution in [0.5, 0.6) is 0 Å². The normalized spacial score (nSPS) is 10.9. The van der Waals surface area contributed by atoms with Crippen LogP contribution in [0.1, 0.15) is 0 Å². The SMILES string of the molecule is Brc1ccc(-c2cc(-c3ccccn3)nc(-c3cc(-c4ccc(Br)cc4)cc(-c4ccccn4)n3)c2)cc1. The first-order valence-electron chi connectivity index (χ1n) is 12.0. The van der Waals surface area contributed by atoms with Crippen molar-refractivity contribution < 1.29 is 0 Å². The number of hydrogen-bond acceptors (Lipinski definition) is 4. The molecule has 2 aromatic carbocycles. The molecule has 6 aromatic rings. The molecule has 0 amide bonds. The Morgan fingerprint density at radius 1 is 0.368 bits per heavy atom. The zero-order valence-corrected chi connectivity index (χ0v) is 23.3. The molecule has 38 heavy (non-hydrogen) atoms. The van der Waals surface area contributed by atoms with Gasteiger partial charge >= 0.3 is 0 Å². The maximum absolute atomic E-state index is 5.04. The molecule has 0 bridgehead atoms. The summed E-state index contributed by atoms with van der Waals surface area (Å²) < 4.78 is 2.06. The zero-order chi connectivity index (χ0) is 25.9. The molecule has 0 spiro atoms. The lowest BCUT2D eigenvalue weighted by atomic mass is 10.00. The van der Waals surface area contributed by atoms with Crippen molar-refractivity contribution in [2.24, 2.45) is 0 Å². The monoisotopic (exact) mass is 618 g/mol. The Hall–Kier alpha value is -4.00. The van der Waals surface area contributed by atoms with Gasteiger partial charge in [0.2, 0.25) is 0 Å². The van der Waals surface area contributed by atoms with Gasteiger partial charge in [0.25, 0.3) is 0 Å². The molecule has 0 saturated heterocycles. The van der Waals surface area contributed by atoms with Crippen LogP contribution >= 0.6 is 31.9 Å². The maximum atomic E-state index is 5.04. The van der Waals surface area contributed by atoms with Crippen molar-refractivity contribution in [1.82, 2.24) is 19.9 Å². The summed E-state index contributed by atoms with van der Waals surface area (Å²) in [5.74, 6) is 0. The lowest BCUT2D eigenvalue weighted by molar-refractivity contribution is 1.20. The molecular formula is C32H20Br2N4. The molecule has 6 rings (SSSR count). The number of aromatic nitrogens is 4. The topological polar surface area (TPSA) is 51.6 Å². The molecule has 0 fully saturated rings. The molecule has 0 unspecified atom stereocenters. The van der Waals surface area contributed by atoms with Gasteiger partial charge in [0.1, 0.15) is 0 Å². The van der Waals surface area contributed by atoms with Gasteiger partial charge in [-0.2, -0.15) is 0 Å². The Morgan fingerprint density at radius 3 is 1.08 bits per heavy atom. The Labute approximate surface area is 237 Å². The predicted molar refractivity (Wildman–Crippen MR) is 160 cm³/mol. The summed E-state index contributed by atoms with van der Waals surface area (Å²) in [5.41, 5.74) is 8.98. The van der Waals surface area contributed by atoms with Crippen molar-refractivity contribution in [3.63, 3.8) is 0 Å². The van der Waals surface area contributed by atoms with E-state index in [0.717, 1.165) is 65.4 Å². The van der Waals surface area contributed by atoms with Crippen LogP contribution in [-0.2, 0) is 0 Å². The van der Waals surface area contributed by atoms with E-state index >= 15 is 0 Å². The van der Waals surface area contributed by atoms with Gasteiger partial charge in [0, 0.05) is 21.3 Å². The highest BCUT2D eigenvalue weighted by Crippen LogP contribution is 2.33. The van der Waals surface area contributed by atoms with Crippen molar-refractivity contribution >= 4 is 31.9 Å². The van der Waals surface area contributed by atoms with Crippen molar-refractivity contribution in [2.45, 2.75) is 0 Å². The third kappa shape index (κ3) is 5.32. The smallest absolute Gasteiger partial charge is 0.0901 e. The first-order chi connectivity index (χ1) is 18.6. The van der Waals surface area contributed by atoms with Crippen LogP contribution < -0.4 is 0 Å². The van der Waals surface area contributed by atoms with E-state index in [4.69, 9.17) is 9.97 Å². The van der Waals surface area contributed by atoms with E-state index in [2.05, 4.69) is 90.4 Å². The molecule has 6 heteroatoms. The first-order valence-corrected chi connectivity index (χ1v) is 13.6. The van der Waals surface area contributed by atoms with Crippen LogP contribution in [0, 0.1) is 0 Å². The fourth-order valence-corrected chi connectivity index (χ4v) is 4.76. The summed E-state index contributed by atoms with van der Waals surface area (Å²) in [6.07, 6.45) is 3.57. The number of halogens is 2. The summed E-state index contributed by atoms with van der Waals surface area (Å²) in [7, 11) is 0. The van der Waals surface area contributed by atoms with E-state index in [1.807, 2.05) is 60.7 Å². The Morgan fingerprint density at radius 2 is 0.737 bits per heavy atom. The maximum Gasteiger partial charge on any atom is 0.0901 e. The summed E-state index contributed by atoms with van der Waals surface area (Å²) in [6.45, 7) is 0. The van der Waals surface area contributed by atoms with E-state index < -0.39 is 0 Å². The number of rotatable bonds is 5. The summed E-state index contributed by atoms with van der Waals surface area (Å²) in [5, 5.41) is 0. The Bertz CT molecular complexity index is 1570. The number of benzene rings is 2. The van der Waals surface area contributed by atoms with Gasteiger partial charge in [-0.25, -0.2) is 9.97 Å². The van der Waals surface area contributed by atoms with E-state index in [-0.39, 0.29) is 0 Å². The summed E-state index contributed by atoms with van der Waals surface area (Å²) in [4.78, 5) is 19.2. The fourth-order valence-electron chi connectivity index (χ4n) is 4.23. The van der Waals surface area contributed by atoms with Crippen molar-refractivity contribution in [3.05, 3.63) is 131 Å². The molecule has 0 aliphatic heterocycles. The number of pyridine rings is 4. The van der Waals surface area contributed by atoms with Crippen LogP contribution in [0.15, 0.2) is 131 Å². The molecular weight excluding hydrogens is 600 g/mol. The highest BCUT2D eigenvalue weighted by Gasteiger charge is 2.14. The van der Waals surface area contributed by atoms with Gasteiger partial charge in [-0.3, -0.25) is 9.97 Å². The van der Waals surface area contributed by atoms with Gasteiger partial charge in [0.15, 0.2) is 0 Å². The first kappa shape index (κ1) is 24.3. The van der Waals surface area contributed by atoms with Crippen LogP contribution in [-0.4, -0.2) is 19.9 Å². The summed E-state index contributed by atoms with van der Waals surface area (Å²) >= 11 is 7.09. The third-order valence-corrected chi connectivity index (χ3v) is 7.18. The average Bonchev–Trinajstić information content (AvgIpc) is 2.98. The standard InChI is InChI=1S/C32H20Br2N4/c33-25-11-7-21(8-12-25)23-17-29(27-5-1-3-15-35-27)37-31(19-23)32-20-24(22-9-13-26(34)14-10-22)18-30(38-32)28-6-2-4-16-36-28/h1-20H. The lowest BCUT2D eigenvalue weighted by Crippen LogP contribution is -1.97.